The number of amides is 1. The van der Waals surface area contributed by atoms with Crippen LogP contribution in [0.1, 0.15) is 53.3 Å². The largest absolute Gasteiger partial charge is 0.478 e. The molecule has 0 saturated carbocycles. The monoisotopic (exact) mass is 297 g/mol. The first-order valence-electron chi connectivity index (χ1n) is 6.99. The van der Waals surface area contributed by atoms with Crippen LogP contribution in [0.5, 0.6) is 0 Å². The molecule has 1 fully saturated rings. The van der Waals surface area contributed by atoms with Gasteiger partial charge in [-0.1, -0.05) is 6.92 Å². The molecule has 2 rings (SSSR count). The first kappa shape index (κ1) is 15.4. The van der Waals surface area contributed by atoms with Crippen molar-refractivity contribution >= 4 is 11.9 Å². The van der Waals surface area contributed by atoms with Gasteiger partial charge >= 0.3 is 5.97 Å². The standard InChI is InChI=1S/C15H17F2NO3/c1-2-9-5-3-4-6-18(9)14(19)10-7-12(16)13(17)8-11(10)15(20)21/h7-9H,2-6H2,1H3,(H,20,21). The van der Waals surface area contributed by atoms with E-state index in [2.05, 4.69) is 0 Å². The second-order valence-corrected chi connectivity index (χ2v) is 5.17. The van der Waals surface area contributed by atoms with Gasteiger partial charge in [-0.25, -0.2) is 13.6 Å². The summed E-state index contributed by atoms with van der Waals surface area (Å²) in [6.07, 6.45) is 3.42. The molecule has 1 aromatic rings. The second kappa shape index (κ2) is 6.20. The van der Waals surface area contributed by atoms with E-state index >= 15 is 0 Å². The maximum atomic E-state index is 13.4. The Labute approximate surface area is 121 Å². The number of likely N-dealkylation sites (tertiary alicyclic amines) is 1. The lowest BCUT2D eigenvalue weighted by Gasteiger charge is -2.35. The Bertz CT molecular complexity index is 574. The average Bonchev–Trinajstić information content (AvgIpc) is 2.48. The molecule has 4 nitrogen and oxygen atoms in total. The van der Waals surface area contributed by atoms with Crippen LogP contribution < -0.4 is 0 Å². The van der Waals surface area contributed by atoms with Gasteiger partial charge in [0.2, 0.25) is 0 Å². The minimum atomic E-state index is -1.44. The van der Waals surface area contributed by atoms with Crippen LogP contribution in [0.2, 0.25) is 0 Å². The Balaban J connectivity index is 2.42. The topological polar surface area (TPSA) is 57.6 Å². The molecule has 1 atom stereocenters. The van der Waals surface area contributed by atoms with Crippen LogP contribution in [0, 0.1) is 11.6 Å². The number of aromatic carboxylic acids is 1. The summed E-state index contributed by atoms with van der Waals surface area (Å²) in [6, 6.07) is 1.26. The maximum Gasteiger partial charge on any atom is 0.336 e. The number of piperidine rings is 1. The van der Waals surface area contributed by atoms with Crippen molar-refractivity contribution in [1.29, 1.82) is 0 Å². The van der Waals surface area contributed by atoms with E-state index in [0.717, 1.165) is 25.7 Å². The summed E-state index contributed by atoms with van der Waals surface area (Å²) in [6.45, 7) is 2.45. The molecule has 1 aliphatic heterocycles. The molecule has 1 amide bonds. The van der Waals surface area contributed by atoms with Crippen LogP contribution in [0.15, 0.2) is 12.1 Å². The number of carboxylic acids is 1. The zero-order chi connectivity index (χ0) is 15.6. The van der Waals surface area contributed by atoms with Gasteiger partial charge in [-0.15, -0.1) is 0 Å². The van der Waals surface area contributed by atoms with Crippen LogP contribution in [-0.4, -0.2) is 34.5 Å². The third kappa shape index (κ3) is 3.04. The summed E-state index contributed by atoms with van der Waals surface area (Å²) >= 11 is 0. The molecule has 1 unspecified atom stereocenters. The fourth-order valence-electron chi connectivity index (χ4n) is 2.75. The summed E-state index contributed by atoms with van der Waals surface area (Å²) in [5, 5.41) is 9.09. The number of carboxylic acid groups (broad SMARTS) is 1. The zero-order valence-electron chi connectivity index (χ0n) is 11.7. The molecule has 21 heavy (non-hydrogen) atoms. The molecule has 0 radical (unpaired) electrons. The van der Waals surface area contributed by atoms with Gasteiger partial charge in [0, 0.05) is 12.6 Å². The smallest absolute Gasteiger partial charge is 0.336 e. The quantitative estimate of drug-likeness (QED) is 0.932. The summed E-state index contributed by atoms with van der Waals surface area (Å²) in [5.74, 6) is -4.47. The Morgan fingerprint density at radius 1 is 1.24 bits per heavy atom. The van der Waals surface area contributed by atoms with E-state index in [-0.39, 0.29) is 11.6 Å². The predicted molar refractivity (Wildman–Crippen MR) is 72.3 cm³/mol. The molecule has 0 aliphatic carbocycles. The molecular formula is C15H17F2NO3. The highest BCUT2D eigenvalue weighted by Gasteiger charge is 2.29. The highest BCUT2D eigenvalue weighted by atomic mass is 19.2. The molecule has 6 heteroatoms. The lowest BCUT2D eigenvalue weighted by atomic mass is 9.97. The Morgan fingerprint density at radius 3 is 2.43 bits per heavy atom. The fraction of sp³-hybridized carbons (Fsp3) is 0.467. The third-order valence-electron chi connectivity index (χ3n) is 3.88. The van der Waals surface area contributed by atoms with Crippen molar-refractivity contribution in [3.8, 4) is 0 Å². The van der Waals surface area contributed by atoms with Gasteiger partial charge in [0.15, 0.2) is 11.6 Å². The number of carbonyl (C=O) groups is 2. The van der Waals surface area contributed by atoms with Crippen LogP contribution in [0.3, 0.4) is 0 Å². The van der Waals surface area contributed by atoms with Crippen LogP contribution in [-0.2, 0) is 0 Å². The predicted octanol–water partition coefficient (Wildman–Crippen LogP) is 3.07. The van der Waals surface area contributed by atoms with Crippen molar-refractivity contribution < 1.29 is 23.5 Å². The molecule has 1 N–H and O–H groups in total. The van der Waals surface area contributed by atoms with Crippen molar-refractivity contribution in [2.75, 3.05) is 6.54 Å². The first-order valence-corrected chi connectivity index (χ1v) is 6.99. The third-order valence-corrected chi connectivity index (χ3v) is 3.88. The molecule has 0 bridgehead atoms. The van der Waals surface area contributed by atoms with Crippen molar-refractivity contribution in [2.24, 2.45) is 0 Å². The van der Waals surface area contributed by atoms with Crippen LogP contribution in [0.25, 0.3) is 0 Å². The van der Waals surface area contributed by atoms with E-state index in [9.17, 15) is 18.4 Å². The van der Waals surface area contributed by atoms with Gasteiger partial charge in [-0.2, -0.15) is 0 Å². The normalized spacial score (nSPS) is 18.6. The Morgan fingerprint density at radius 2 is 1.86 bits per heavy atom. The lowest BCUT2D eigenvalue weighted by molar-refractivity contribution is 0.0590. The lowest BCUT2D eigenvalue weighted by Crippen LogP contribution is -2.43. The van der Waals surface area contributed by atoms with E-state index in [4.69, 9.17) is 5.11 Å². The van der Waals surface area contributed by atoms with E-state index in [1.165, 1.54) is 0 Å². The Kier molecular flexibility index (Phi) is 4.55. The molecule has 0 spiro atoms. The SMILES string of the molecule is CCC1CCCCN1C(=O)c1cc(F)c(F)cc1C(=O)O. The zero-order valence-corrected chi connectivity index (χ0v) is 11.7. The number of nitrogens with zero attached hydrogens (tertiary/aromatic N) is 1. The molecular weight excluding hydrogens is 280 g/mol. The number of halogens is 2. The highest BCUT2D eigenvalue weighted by molar-refractivity contribution is 6.05. The van der Waals surface area contributed by atoms with Gasteiger partial charge in [0.05, 0.1) is 11.1 Å². The average molecular weight is 297 g/mol. The van der Waals surface area contributed by atoms with Gasteiger partial charge in [0.1, 0.15) is 0 Å². The minimum absolute atomic E-state index is 0.0148. The molecule has 1 heterocycles. The fourth-order valence-corrected chi connectivity index (χ4v) is 2.75. The second-order valence-electron chi connectivity index (χ2n) is 5.17. The van der Waals surface area contributed by atoms with Gasteiger partial charge in [0.25, 0.3) is 5.91 Å². The number of carbonyl (C=O) groups excluding carboxylic acids is 1. The maximum absolute atomic E-state index is 13.4. The number of rotatable bonds is 3. The molecule has 0 aromatic heterocycles. The molecule has 1 aromatic carbocycles. The van der Waals surface area contributed by atoms with Gasteiger partial charge in [-0.3, -0.25) is 4.79 Å². The van der Waals surface area contributed by atoms with Crippen molar-refractivity contribution in [2.45, 2.75) is 38.6 Å². The van der Waals surface area contributed by atoms with E-state index in [1.54, 1.807) is 4.90 Å². The summed E-state index contributed by atoms with van der Waals surface area (Å²) in [7, 11) is 0. The molecule has 114 valence electrons. The molecule has 1 aliphatic rings. The van der Waals surface area contributed by atoms with E-state index < -0.39 is 29.1 Å². The van der Waals surface area contributed by atoms with Crippen molar-refractivity contribution in [1.82, 2.24) is 4.90 Å². The Hall–Kier alpha value is -1.98. The summed E-state index contributed by atoms with van der Waals surface area (Å²) in [5.41, 5.74) is -0.791. The minimum Gasteiger partial charge on any atom is -0.478 e. The number of hydrogen-bond acceptors (Lipinski definition) is 2. The highest BCUT2D eigenvalue weighted by Crippen LogP contribution is 2.24. The summed E-state index contributed by atoms with van der Waals surface area (Å²) in [4.78, 5) is 25.3. The number of benzene rings is 1. The van der Waals surface area contributed by atoms with Crippen molar-refractivity contribution in [3.63, 3.8) is 0 Å². The molecule has 1 saturated heterocycles. The van der Waals surface area contributed by atoms with E-state index in [0.29, 0.717) is 18.7 Å². The van der Waals surface area contributed by atoms with Crippen molar-refractivity contribution in [3.05, 3.63) is 34.9 Å². The van der Waals surface area contributed by atoms with Crippen LogP contribution in [0.4, 0.5) is 8.78 Å². The first-order chi connectivity index (χ1) is 9.95. The van der Waals surface area contributed by atoms with Gasteiger partial charge in [-0.05, 0) is 37.8 Å². The number of hydrogen-bond donors (Lipinski definition) is 1. The van der Waals surface area contributed by atoms with E-state index in [1.807, 2.05) is 6.92 Å². The van der Waals surface area contributed by atoms with Crippen LogP contribution >= 0.6 is 0 Å². The van der Waals surface area contributed by atoms with Gasteiger partial charge < -0.3 is 10.0 Å². The summed E-state index contributed by atoms with van der Waals surface area (Å²) < 4.78 is 26.6.